The maximum absolute atomic E-state index is 13.6. The van der Waals surface area contributed by atoms with Crippen LogP contribution < -0.4 is 0 Å². The zero-order chi connectivity index (χ0) is 20.9. The van der Waals surface area contributed by atoms with Gasteiger partial charge in [0.25, 0.3) is 0 Å². The van der Waals surface area contributed by atoms with Gasteiger partial charge in [-0.25, -0.2) is 31.3 Å². The van der Waals surface area contributed by atoms with Crippen LogP contribution >= 0.6 is 0 Å². The van der Waals surface area contributed by atoms with E-state index in [0.717, 1.165) is 22.9 Å². The number of pyridine rings is 1. The van der Waals surface area contributed by atoms with Crippen LogP contribution in [0.2, 0.25) is 0 Å². The highest BCUT2D eigenvalue weighted by Gasteiger charge is 2.41. The molecule has 0 aromatic carbocycles. The molecule has 0 aliphatic carbocycles. The van der Waals surface area contributed by atoms with Crippen LogP contribution in [0.4, 0.5) is 13.2 Å². The molecular weight excluding hydrogens is 421 g/mol. The fraction of sp³-hybridized carbons (Fsp3) is 0.267. The van der Waals surface area contributed by atoms with E-state index in [1.165, 1.54) is 25.4 Å². The summed E-state index contributed by atoms with van der Waals surface area (Å²) in [6, 6.07) is 3.21. The SMILES string of the molecule is CCS(=O)(=O)c1ccc(S(C)(=O)=O)nc1-c1c(C(F)(F)F)nn2cccnc12. The lowest BCUT2D eigenvalue weighted by atomic mass is 10.1. The smallest absolute Gasteiger partial charge is 0.236 e. The van der Waals surface area contributed by atoms with Crippen LogP contribution in [0.25, 0.3) is 16.9 Å². The molecule has 0 unspecified atom stereocenters. The van der Waals surface area contributed by atoms with Crippen molar-refractivity contribution in [2.24, 2.45) is 0 Å². The molecule has 3 rings (SSSR count). The van der Waals surface area contributed by atoms with Crippen LogP contribution in [0.1, 0.15) is 12.6 Å². The number of sulfone groups is 2. The Balaban J connectivity index is 2.53. The summed E-state index contributed by atoms with van der Waals surface area (Å²) in [5.74, 6) is -0.423. The third-order valence-corrected chi connectivity index (χ3v) is 6.58. The number of halogens is 3. The lowest BCUT2D eigenvalue weighted by molar-refractivity contribution is -0.140. The molecule has 3 aromatic rings. The number of hydrogen-bond acceptors (Lipinski definition) is 7. The lowest BCUT2D eigenvalue weighted by Crippen LogP contribution is -2.13. The quantitative estimate of drug-likeness (QED) is 0.617. The van der Waals surface area contributed by atoms with Gasteiger partial charge in [0.05, 0.1) is 21.9 Å². The lowest BCUT2D eigenvalue weighted by Gasteiger charge is -2.12. The molecular formula is C15H13F3N4O4S2. The molecule has 0 fully saturated rings. The first-order valence-electron chi connectivity index (χ1n) is 7.71. The first-order chi connectivity index (χ1) is 12.9. The third kappa shape index (κ3) is 3.46. The molecule has 0 N–H and O–H groups in total. The van der Waals surface area contributed by atoms with Gasteiger partial charge in [-0.05, 0) is 18.2 Å². The molecule has 0 bridgehead atoms. The number of aromatic nitrogens is 4. The van der Waals surface area contributed by atoms with Crippen LogP contribution in [-0.4, -0.2) is 48.4 Å². The Morgan fingerprint density at radius 1 is 1.14 bits per heavy atom. The summed E-state index contributed by atoms with van der Waals surface area (Å²) in [4.78, 5) is 7.08. The van der Waals surface area contributed by atoms with E-state index in [4.69, 9.17) is 0 Å². The highest BCUT2D eigenvalue weighted by atomic mass is 32.2. The van der Waals surface area contributed by atoms with Crippen LogP contribution in [-0.2, 0) is 25.9 Å². The first-order valence-corrected chi connectivity index (χ1v) is 11.3. The molecule has 8 nitrogen and oxygen atoms in total. The van der Waals surface area contributed by atoms with Gasteiger partial charge in [-0.3, -0.25) is 0 Å². The third-order valence-electron chi connectivity index (χ3n) is 3.83. The summed E-state index contributed by atoms with van der Waals surface area (Å²) >= 11 is 0. The molecule has 3 aromatic heterocycles. The summed E-state index contributed by atoms with van der Waals surface area (Å²) < 4.78 is 90.3. The van der Waals surface area contributed by atoms with E-state index in [-0.39, 0.29) is 5.65 Å². The second-order valence-corrected chi connectivity index (χ2v) is 9.99. The van der Waals surface area contributed by atoms with Crippen molar-refractivity contribution < 1.29 is 30.0 Å². The predicted octanol–water partition coefficient (Wildman–Crippen LogP) is 2.01. The molecule has 0 aliphatic heterocycles. The number of fused-ring (bicyclic) bond motifs is 1. The van der Waals surface area contributed by atoms with E-state index in [1.807, 2.05) is 0 Å². The monoisotopic (exact) mass is 434 g/mol. The number of rotatable bonds is 4. The normalized spacial score (nSPS) is 13.2. The molecule has 0 aliphatic rings. The Hall–Kier alpha value is -2.54. The average molecular weight is 434 g/mol. The Morgan fingerprint density at radius 2 is 1.82 bits per heavy atom. The van der Waals surface area contributed by atoms with Crippen molar-refractivity contribution in [3.8, 4) is 11.3 Å². The van der Waals surface area contributed by atoms with E-state index >= 15 is 0 Å². The van der Waals surface area contributed by atoms with E-state index in [1.54, 1.807) is 0 Å². The van der Waals surface area contributed by atoms with Crippen molar-refractivity contribution in [3.63, 3.8) is 0 Å². The van der Waals surface area contributed by atoms with Gasteiger partial charge < -0.3 is 0 Å². The Bertz CT molecular complexity index is 1280. The van der Waals surface area contributed by atoms with Crippen molar-refractivity contribution >= 4 is 25.3 Å². The van der Waals surface area contributed by atoms with Crippen molar-refractivity contribution in [1.82, 2.24) is 19.6 Å². The van der Waals surface area contributed by atoms with Crippen molar-refractivity contribution in [2.75, 3.05) is 12.0 Å². The summed E-state index contributed by atoms with van der Waals surface area (Å²) in [6.07, 6.45) is -1.74. The topological polar surface area (TPSA) is 111 Å². The van der Waals surface area contributed by atoms with E-state index in [0.29, 0.717) is 0 Å². The van der Waals surface area contributed by atoms with Gasteiger partial charge in [-0.15, -0.1) is 0 Å². The van der Waals surface area contributed by atoms with E-state index in [2.05, 4.69) is 15.1 Å². The standard InChI is InChI=1S/C15H13F3N4O4S2/c1-3-28(25,26)9-5-6-10(27(2,23)24)20-12(9)11-13(15(16,17)18)21-22-8-4-7-19-14(11)22/h4-8H,3H2,1-2H3. The molecule has 28 heavy (non-hydrogen) atoms. The van der Waals surface area contributed by atoms with Gasteiger partial charge in [0.1, 0.15) is 0 Å². The summed E-state index contributed by atoms with van der Waals surface area (Å²) in [5.41, 5.74) is -3.09. The minimum atomic E-state index is -4.96. The molecule has 0 spiro atoms. The highest BCUT2D eigenvalue weighted by Crippen LogP contribution is 2.40. The van der Waals surface area contributed by atoms with Gasteiger partial charge >= 0.3 is 6.18 Å². The van der Waals surface area contributed by atoms with Crippen molar-refractivity contribution in [1.29, 1.82) is 0 Å². The Morgan fingerprint density at radius 3 is 2.39 bits per heavy atom. The molecule has 0 radical (unpaired) electrons. The van der Waals surface area contributed by atoms with E-state index in [9.17, 15) is 30.0 Å². The summed E-state index contributed by atoms with van der Waals surface area (Å²) in [6.45, 7) is 1.31. The molecule has 3 heterocycles. The fourth-order valence-electron chi connectivity index (χ4n) is 2.52. The predicted molar refractivity (Wildman–Crippen MR) is 92.1 cm³/mol. The molecule has 150 valence electrons. The van der Waals surface area contributed by atoms with Crippen LogP contribution in [0.15, 0.2) is 40.5 Å². The van der Waals surface area contributed by atoms with Crippen molar-refractivity contribution in [3.05, 3.63) is 36.3 Å². The zero-order valence-corrected chi connectivity index (χ0v) is 16.1. The van der Waals surface area contributed by atoms with Gasteiger partial charge in [0.15, 0.2) is 36.0 Å². The second kappa shape index (κ2) is 6.51. The second-order valence-electron chi connectivity index (χ2n) is 5.78. The maximum atomic E-state index is 13.6. The highest BCUT2D eigenvalue weighted by molar-refractivity contribution is 7.91. The first kappa shape index (κ1) is 20.2. The summed E-state index contributed by atoms with van der Waals surface area (Å²) in [7, 11) is -7.96. The summed E-state index contributed by atoms with van der Waals surface area (Å²) in [5, 5.41) is 2.88. The Kier molecular flexibility index (Phi) is 4.70. The maximum Gasteiger partial charge on any atom is 0.435 e. The zero-order valence-electron chi connectivity index (χ0n) is 14.5. The van der Waals surface area contributed by atoms with Crippen molar-refractivity contribution in [2.45, 2.75) is 23.0 Å². The van der Waals surface area contributed by atoms with Gasteiger partial charge in [0, 0.05) is 18.6 Å². The molecule has 0 atom stereocenters. The molecule has 13 heteroatoms. The van der Waals surface area contributed by atoms with Gasteiger partial charge in [-0.1, -0.05) is 6.92 Å². The van der Waals surface area contributed by atoms with Crippen LogP contribution in [0, 0.1) is 0 Å². The largest absolute Gasteiger partial charge is 0.435 e. The number of alkyl halides is 3. The average Bonchev–Trinajstić information content (AvgIpc) is 3.00. The minimum absolute atomic E-state index is 0.305. The van der Waals surface area contributed by atoms with Gasteiger partial charge in [-0.2, -0.15) is 18.3 Å². The Labute approximate surface area is 157 Å². The van der Waals surface area contributed by atoms with Crippen LogP contribution in [0.5, 0.6) is 0 Å². The minimum Gasteiger partial charge on any atom is -0.236 e. The number of nitrogens with zero attached hydrogens (tertiary/aromatic N) is 4. The fourth-order valence-corrected chi connectivity index (χ4v) is 4.12. The van der Waals surface area contributed by atoms with E-state index < -0.39 is 58.5 Å². The van der Waals surface area contributed by atoms with Gasteiger partial charge in [0.2, 0.25) is 0 Å². The molecule has 0 saturated carbocycles. The van der Waals surface area contributed by atoms with Crippen LogP contribution in [0.3, 0.4) is 0 Å². The molecule has 0 amide bonds. The number of hydrogen-bond donors (Lipinski definition) is 0. The molecule has 0 saturated heterocycles.